The average Bonchev–Trinajstić information content (AvgIpc) is 2.55. The predicted molar refractivity (Wildman–Crippen MR) is 94.6 cm³/mol. The summed E-state index contributed by atoms with van der Waals surface area (Å²) in [5.74, 6) is -1.90. The molecular formula is C20H14BrF3. The molecule has 0 aromatic heterocycles. The molecule has 0 atom stereocenters. The maximum absolute atomic E-state index is 14.5. The zero-order chi connectivity index (χ0) is 17.3. The van der Waals surface area contributed by atoms with Gasteiger partial charge < -0.3 is 0 Å². The van der Waals surface area contributed by atoms with Gasteiger partial charge in [0.1, 0.15) is 17.5 Å². The summed E-state index contributed by atoms with van der Waals surface area (Å²) in [5.41, 5.74) is 3.02. The van der Waals surface area contributed by atoms with Crippen LogP contribution in [0.5, 0.6) is 0 Å². The number of rotatable bonds is 3. The molecule has 0 fully saturated rings. The van der Waals surface area contributed by atoms with Crippen molar-refractivity contribution in [2.24, 2.45) is 0 Å². The van der Waals surface area contributed by atoms with Crippen molar-refractivity contribution in [3.8, 4) is 22.3 Å². The van der Waals surface area contributed by atoms with Gasteiger partial charge in [0, 0.05) is 16.5 Å². The Morgan fingerprint density at radius 2 is 1.25 bits per heavy atom. The minimum atomic E-state index is -0.691. The SMILES string of the molecule is Cc1ccc(-c2ccc(-c3cc(F)c(CBr)c(F)c3)c(F)c2)cc1. The molecular weight excluding hydrogens is 377 g/mol. The highest BCUT2D eigenvalue weighted by Gasteiger charge is 2.14. The highest BCUT2D eigenvalue weighted by atomic mass is 79.9. The Morgan fingerprint density at radius 3 is 1.79 bits per heavy atom. The van der Waals surface area contributed by atoms with E-state index in [1.165, 1.54) is 6.07 Å². The third kappa shape index (κ3) is 3.24. The number of hydrogen-bond acceptors (Lipinski definition) is 0. The van der Waals surface area contributed by atoms with E-state index in [-0.39, 0.29) is 22.0 Å². The van der Waals surface area contributed by atoms with Gasteiger partial charge in [0.2, 0.25) is 0 Å². The van der Waals surface area contributed by atoms with E-state index in [9.17, 15) is 13.2 Å². The molecule has 0 radical (unpaired) electrons. The summed E-state index contributed by atoms with van der Waals surface area (Å²) in [5, 5.41) is 0.0692. The van der Waals surface area contributed by atoms with Gasteiger partial charge in [-0.25, -0.2) is 13.2 Å². The zero-order valence-corrected chi connectivity index (χ0v) is 14.5. The van der Waals surface area contributed by atoms with Gasteiger partial charge in [-0.2, -0.15) is 0 Å². The van der Waals surface area contributed by atoms with Gasteiger partial charge in [0.15, 0.2) is 0 Å². The molecule has 0 amide bonds. The van der Waals surface area contributed by atoms with Crippen molar-refractivity contribution >= 4 is 15.9 Å². The summed E-state index contributed by atoms with van der Waals surface area (Å²) in [6.07, 6.45) is 0. The first-order valence-corrected chi connectivity index (χ1v) is 8.52. The molecule has 0 nitrogen and oxygen atoms in total. The lowest BCUT2D eigenvalue weighted by molar-refractivity contribution is 0.567. The second-order valence-electron chi connectivity index (χ2n) is 5.61. The maximum Gasteiger partial charge on any atom is 0.131 e. The van der Waals surface area contributed by atoms with Crippen molar-refractivity contribution in [3.63, 3.8) is 0 Å². The normalized spacial score (nSPS) is 10.9. The van der Waals surface area contributed by atoms with Crippen LogP contribution < -0.4 is 0 Å². The van der Waals surface area contributed by atoms with Crippen LogP contribution in [0.25, 0.3) is 22.3 Å². The molecule has 122 valence electrons. The van der Waals surface area contributed by atoms with Gasteiger partial charge in [0.25, 0.3) is 0 Å². The molecule has 0 aliphatic heterocycles. The van der Waals surface area contributed by atoms with E-state index >= 15 is 0 Å². The number of alkyl halides is 1. The molecule has 3 aromatic carbocycles. The fourth-order valence-corrected chi connectivity index (χ4v) is 3.10. The number of halogens is 4. The van der Waals surface area contributed by atoms with Crippen LogP contribution in [0.1, 0.15) is 11.1 Å². The van der Waals surface area contributed by atoms with E-state index in [2.05, 4.69) is 15.9 Å². The van der Waals surface area contributed by atoms with E-state index < -0.39 is 17.5 Å². The number of aryl methyl sites for hydroxylation is 1. The molecule has 3 aromatic rings. The molecule has 0 heterocycles. The molecule has 0 aliphatic rings. The molecule has 4 heteroatoms. The first-order valence-electron chi connectivity index (χ1n) is 7.40. The van der Waals surface area contributed by atoms with Crippen LogP contribution >= 0.6 is 15.9 Å². The summed E-state index contributed by atoms with van der Waals surface area (Å²) in [6.45, 7) is 1.98. The first-order chi connectivity index (χ1) is 11.5. The van der Waals surface area contributed by atoms with Crippen LogP contribution in [0.4, 0.5) is 13.2 Å². The van der Waals surface area contributed by atoms with E-state index in [1.54, 1.807) is 12.1 Å². The highest BCUT2D eigenvalue weighted by Crippen LogP contribution is 2.30. The quantitative estimate of drug-likeness (QED) is 0.439. The highest BCUT2D eigenvalue weighted by molar-refractivity contribution is 9.08. The Labute approximate surface area is 147 Å². The molecule has 0 saturated heterocycles. The molecule has 0 N–H and O–H groups in total. The molecule has 0 unspecified atom stereocenters. The second-order valence-corrected chi connectivity index (χ2v) is 6.17. The summed E-state index contributed by atoms with van der Waals surface area (Å²) in [7, 11) is 0. The zero-order valence-electron chi connectivity index (χ0n) is 12.9. The van der Waals surface area contributed by atoms with Crippen LogP contribution in [-0.2, 0) is 5.33 Å². The van der Waals surface area contributed by atoms with E-state index in [4.69, 9.17) is 0 Å². The topological polar surface area (TPSA) is 0 Å². The Hall–Kier alpha value is -2.07. The monoisotopic (exact) mass is 390 g/mol. The van der Waals surface area contributed by atoms with Crippen LogP contribution in [-0.4, -0.2) is 0 Å². The van der Waals surface area contributed by atoms with Gasteiger partial charge in [-0.05, 0) is 41.8 Å². The third-order valence-electron chi connectivity index (χ3n) is 3.94. The molecule has 0 saturated carbocycles. The van der Waals surface area contributed by atoms with Crippen molar-refractivity contribution in [1.82, 2.24) is 0 Å². The predicted octanol–water partition coefficient (Wildman–Crippen LogP) is 6.64. The maximum atomic E-state index is 14.5. The smallest absolute Gasteiger partial charge is 0.131 e. The van der Waals surface area contributed by atoms with Gasteiger partial charge in [-0.15, -0.1) is 0 Å². The average molecular weight is 391 g/mol. The molecule has 0 aliphatic carbocycles. The van der Waals surface area contributed by atoms with Crippen molar-refractivity contribution in [1.29, 1.82) is 0 Å². The minimum Gasteiger partial charge on any atom is -0.207 e. The van der Waals surface area contributed by atoms with E-state index in [0.29, 0.717) is 5.56 Å². The Morgan fingerprint density at radius 1 is 0.708 bits per heavy atom. The molecule has 24 heavy (non-hydrogen) atoms. The van der Waals surface area contributed by atoms with Crippen molar-refractivity contribution in [3.05, 3.63) is 83.2 Å². The van der Waals surface area contributed by atoms with Crippen LogP contribution in [0.15, 0.2) is 54.6 Å². The van der Waals surface area contributed by atoms with Crippen LogP contribution in [0.3, 0.4) is 0 Å². The summed E-state index contributed by atoms with van der Waals surface area (Å²) in [4.78, 5) is 0. The lowest BCUT2D eigenvalue weighted by atomic mass is 9.98. The fourth-order valence-electron chi connectivity index (χ4n) is 2.56. The van der Waals surface area contributed by atoms with Crippen molar-refractivity contribution in [2.45, 2.75) is 12.3 Å². The Kier molecular flexibility index (Phi) is 4.76. The fraction of sp³-hybridized carbons (Fsp3) is 0.100. The molecule has 0 bridgehead atoms. The standard InChI is InChI=1S/C20H14BrF3/c1-12-2-4-13(5-3-12)14-6-7-16(18(22)8-14)15-9-19(23)17(11-21)20(24)10-15/h2-10H,11H2,1H3. The van der Waals surface area contributed by atoms with Gasteiger partial charge in [0.05, 0.1) is 0 Å². The summed E-state index contributed by atoms with van der Waals surface area (Å²) in [6, 6.07) is 14.7. The van der Waals surface area contributed by atoms with Crippen LogP contribution in [0.2, 0.25) is 0 Å². The number of benzene rings is 3. The van der Waals surface area contributed by atoms with Gasteiger partial charge >= 0.3 is 0 Å². The lowest BCUT2D eigenvalue weighted by Gasteiger charge is -2.09. The van der Waals surface area contributed by atoms with E-state index in [0.717, 1.165) is 23.3 Å². The van der Waals surface area contributed by atoms with Crippen molar-refractivity contribution in [2.75, 3.05) is 0 Å². The van der Waals surface area contributed by atoms with E-state index in [1.807, 2.05) is 31.2 Å². The first kappa shape index (κ1) is 16.8. The third-order valence-corrected chi connectivity index (χ3v) is 4.50. The summed E-state index contributed by atoms with van der Waals surface area (Å²) >= 11 is 3.04. The largest absolute Gasteiger partial charge is 0.207 e. The molecule has 3 rings (SSSR count). The molecule has 0 spiro atoms. The van der Waals surface area contributed by atoms with Gasteiger partial charge in [-0.1, -0.05) is 57.9 Å². The van der Waals surface area contributed by atoms with Gasteiger partial charge in [-0.3, -0.25) is 0 Å². The Balaban J connectivity index is 2.03. The second kappa shape index (κ2) is 6.81. The Bertz CT molecular complexity index is 863. The summed E-state index contributed by atoms with van der Waals surface area (Å²) < 4.78 is 42.3. The van der Waals surface area contributed by atoms with Crippen molar-refractivity contribution < 1.29 is 13.2 Å². The number of hydrogen-bond donors (Lipinski definition) is 0. The van der Waals surface area contributed by atoms with Crippen LogP contribution in [0, 0.1) is 24.4 Å². The lowest BCUT2D eigenvalue weighted by Crippen LogP contribution is -1.95. The minimum absolute atomic E-state index is 0.0598.